The van der Waals surface area contributed by atoms with Crippen molar-refractivity contribution in [3.63, 3.8) is 0 Å². The van der Waals surface area contributed by atoms with E-state index in [0.717, 1.165) is 25.2 Å². The maximum Gasteiger partial charge on any atom is 0.125 e. The Morgan fingerprint density at radius 3 is 2.52 bits per heavy atom. The SMILES string of the molecule is Cc1cc(CCN)cc(C)c1OCC1Cc2ccccc21. The average Bonchev–Trinajstić information content (AvgIpc) is 2.42. The summed E-state index contributed by atoms with van der Waals surface area (Å²) in [5.41, 5.74) is 12.3. The van der Waals surface area contributed by atoms with Gasteiger partial charge in [0.25, 0.3) is 0 Å². The van der Waals surface area contributed by atoms with Crippen molar-refractivity contribution in [3.8, 4) is 5.75 Å². The largest absolute Gasteiger partial charge is 0.492 e. The van der Waals surface area contributed by atoms with Gasteiger partial charge in [0.2, 0.25) is 0 Å². The van der Waals surface area contributed by atoms with Gasteiger partial charge in [0.05, 0.1) is 6.61 Å². The van der Waals surface area contributed by atoms with E-state index < -0.39 is 0 Å². The van der Waals surface area contributed by atoms with Crippen molar-refractivity contribution in [3.05, 3.63) is 64.2 Å². The van der Waals surface area contributed by atoms with Crippen molar-refractivity contribution in [1.82, 2.24) is 0 Å². The van der Waals surface area contributed by atoms with Crippen LogP contribution in [-0.2, 0) is 12.8 Å². The first kappa shape index (κ1) is 14.2. The van der Waals surface area contributed by atoms with Gasteiger partial charge >= 0.3 is 0 Å². The van der Waals surface area contributed by atoms with Gasteiger partial charge in [-0.2, -0.15) is 0 Å². The number of aryl methyl sites for hydroxylation is 2. The quantitative estimate of drug-likeness (QED) is 0.910. The second-order valence-electron chi connectivity index (χ2n) is 6.01. The summed E-state index contributed by atoms with van der Waals surface area (Å²) in [6.07, 6.45) is 2.07. The topological polar surface area (TPSA) is 35.2 Å². The third kappa shape index (κ3) is 2.81. The highest BCUT2D eigenvalue weighted by molar-refractivity contribution is 5.44. The number of benzene rings is 2. The van der Waals surface area contributed by atoms with E-state index in [0.29, 0.717) is 12.5 Å². The Morgan fingerprint density at radius 2 is 1.86 bits per heavy atom. The van der Waals surface area contributed by atoms with Gasteiger partial charge in [-0.3, -0.25) is 0 Å². The zero-order valence-corrected chi connectivity index (χ0v) is 12.9. The highest BCUT2D eigenvalue weighted by Crippen LogP contribution is 2.36. The Hall–Kier alpha value is -1.80. The van der Waals surface area contributed by atoms with Crippen LogP contribution in [0.2, 0.25) is 0 Å². The first-order valence-corrected chi connectivity index (χ1v) is 7.70. The fraction of sp³-hybridized carbons (Fsp3) is 0.368. The predicted molar refractivity (Wildman–Crippen MR) is 87.1 cm³/mol. The zero-order valence-electron chi connectivity index (χ0n) is 12.9. The molecule has 0 heterocycles. The number of nitrogens with two attached hydrogens (primary N) is 1. The van der Waals surface area contributed by atoms with E-state index in [2.05, 4.69) is 50.2 Å². The maximum atomic E-state index is 6.13. The van der Waals surface area contributed by atoms with Crippen LogP contribution in [0, 0.1) is 13.8 Å². The highest BCUT2D eigenvalue weighted by atomic mass is 16.5. The fourth-order valence-corrected chi connectivity index (χ4v) is 3.27. The monoisotopic (exact) mass is 281 g/mol. The van der Waals surface area contributed by atoms with Gasteiger partial charge < -0.3 is 10.5 Å². The van der Waals surface area contributed by atoms with Crippen molar-refractivity contribution in [1.29, 1.82) is 0 Å². The molecule has 2 N–H and O–H groups in total. The lowest BCUT2D eigenvalue weighted by Crippen LogP contribution is -2.23. The summed E-state index contributed by atoms with van der Waals surface area (Å²) >= 11 is 0. The van der Waals surface area contributed by atoms with Crippen molar-refractivity contribution < 1.29 is 4.74 Å². The minimum Gasteiger partial charge on any atom is -0.492 e. The Kier molecular flexibility index (Phi) is 3.98. The smallest absolute Gasteiger partial charge is 0.125 e. The third-order valence-electron chi connectivity index (χ3n) is 4.34. The van der Waals surface area contributed by atoms with Crippen LogP contribution in [0.5, 0.6) is 5.75 Å². The summed E-state index contributed by atoms with van der Waals surface area (Å²) in [6, 6.07) is 13.1. The maximum absolute atomic E-state index is 6.13. The Labute approximate surface area is 126 Å². The van der Waals surface area contributed by atoms with E-state index in [9.17, 15) is 0 Å². The van der Waals surface area contributed by atoms with Crippen molar-refractivity contribution in [2.45, 2.75) is 32.6 Å². The van der Waals surface area contributed by atoms with Gasteiger partial charge in [0, 0.05) is 5.92 Å². The number of fused-ring (bicyclic) bond motifs is 1. The van der Waals surface area contributed by atoms with Crippen molar-refractivity contribution >= 4 is 0 Å². The molecular formula is C19H23NO. The molecule has 1 unspecified atom stereocenters. The second-order valence-corrected chi connectivity index (χ2v) is 6.01. The van der Waals surface area contributed by atoms with Crippen LogP contribution in [-0.4, -0.2) is 13.2 Å². The number of hydrogen-bond acceptors (Lipinski definition) is 2. The predicted octanol–water partition coefficient (Wildman–Crippen LogP) is 3.52. The van der Waals surface area contributed by atoms with Gasteiger partial charge in [-0.25, -0.2) is 0 Å². The molecule has 0 radical (unpaired) electrons. The molecule has 3 rings (SSSR count). The van der Waals surface area contributed by atoms with Gasteiger partial charge in [0.1, 0.15) is 5.75 Å². The second kappa shape index (κ2) is 5.90. The van der Waals surface area contributed by atoms with E-state index in [1.165, 1.54) is 27.8 Å². The molecule has 2 heteroatoms. The van der Waals surface area contributed by atoms with E-state index in [4.69, 9.17) is 10.5 Å². The summed E-state index contributed by atoms with van der Waals surface area (Å²) < 4.78 is 6.13. The molecule has 0 saturated heterocycles. The molecule has 0 aromatic heterocycles. The number of hydrogen-bond donors (Lipinski definition) is 1. The van der Waals surface area contributed by atoms with Crippen LogP contribution < -0.4 is 10.5 Å². The molecule has 21 heavy (non-hydrogen) atoms. The molecule has 2 aromatic carbocycles. The normalized spacial score (nSPS) is 16.2. The molecular weight excluding hydrogens is 258 g/mol. The van der Waals surface area contributed by atoms with Crippen LogP contribution in [0.25, 0.3) is 0 Å². The molecule has 110 valence electrons. The van der Waals surface area contributed by atoms with E-state index in [-0.39, 0.29) is 0 Å². The lowest BCUT2D eigenvalue weighted by atomic mass is 9.78. The molecule has 0 fully saturated rings. The molecule has 0 bridgehead atoms. The van der Waals surface area contributed by atoms with Crippen LogP contribution in [0.15, 0.2) is 36.4 Å². The third-order valence-corrected chi connectivity index (χ3v) is 4.34. The fourth-order valence-electron chi connectivity index (χ4n) is 3.27. The number of rotatable bonds is 5. The Morgan fingerprint density at radius 1 is 1.14 bits per heavy atom. The molecule has 0 amide bonds. The summed E-state index contributed by atoms with van der Waals surface area (Å²) in [6.45, 7) is 5.71. The first-order valence-electron chi connectivity index (χ1n) is 7.70. The van der Waals surface area contributed by atoms with Crippen LogP contribution in [0.3, 0.4) is 0 Å². The standard InChI is InChI=1S/C19H23NO/c1-13-9-15(7-8-20)10-14(2)19(13)21-12-17-11-16-5-3-4-6-18(16)17/h3-6,9-10,17H,7-8,11-12,20H2,1-2H3. The van der Waals surface area contributed by atoms with Gasteiger partial charge in [0.15, 0.2) is 0 Å². The molecule has 2 nitrogen and oxygen atoms in total. The van der Waals surface area contributed by atoms with E-state index in [1.54, 1.807) is 0 Å². The summed E-state index contributed by atoms with van der Waals surface area (Å²) in [5.74, 6) is 1.59. The first-order chi connectivity index (χ1) is 10.2. The minimum absolute atomic E-state index is 0.545. The zero-order chi connectivity index (χ0) is 14.8. The molecule has 0 saturated carbocycles. The molecule has 2 aromatic rings. The molecule has 1 aliphatic carbocycles. The average molecular weight is 281 g/mol. The molecule has 0 spiro atoms. The minimum atomic E-state index is 0.545. The van der Waals surface area contributed by atoms with Crippen LogP contribution in [0.4, 0.5) is 0 Å². The van der Waals surface area contributed by atoms with Crippen molar-refractivity contribution in [2.24, 2.45) is 5.73 Å². The molecule has 1 aliphatic rings. The van der Waals surface area contributed by atoms with Gasteiger partial charge in [-0.1, -0.05) is 36.4 Å². The summed E-state index contributed by atoms with van der Waals surface area (Å²) in [4.78, 5) is 0. The van der Waals surface area contributed by atoms with Gasteiger partial charge in [-0.05, 0) is 61.1 Å². The van der Waals surface area contributed by atoms with Crippen LogP contribution in [0.1, 0.15) is 33.7 Å². The summed E-state index contributed by atoms with van der Waals surface area (Å²) in [5, 5.41) is 0. The van der Waals surface area contributed by atoms with Crippen LogP contribution >= 0.6 is 0 Å². The Balaban J connectivity index is 1.69. The summed E-state index contributed by atoms with van der Waals surface area (Å²) in [7, 11) is 0. The lowest BCUT2D eigenvalue weighted by Gasteiger charge is -2.30. The van der Waals surface area contributed by atoms with Crippen molar-refractivity contribution in [2.75, 3.05) is 13.2 Å². The number of ether oxygens (including phenoxy) is 1. The lowest BCUT2D eigenvalue weighted by molar-refractivity contribution is 0.272. The van der Waals surface area contributed by atoms with E-state index in [1.807, 2.05) is 0 Å². The van der Waals surface area contributed by atoms with E-state index >= 15 is 0 Å². The van der Waals surface area contributed by atoms with Gasteiger partial charge in [-0.15, -0.1) is 0 Å². The Bertz CT molecular complexity index is 625. The highest BCUT2D eigenvalue weighted by Gasteiger charge is 2.26. The molecule has 0 aliphatic heterocycles. The molecule has 1 atom stereocenters.